The molecule has 8 heteroatoms. The summed E-state index contributed by atoms with van der Waals surface area (Å²) in [7, 11) is 0. The summed E-state index contributed by atoms with van der Waals surface area (Å²) in [6.45, 7) is -3.03. The molecule has 2 rings (SSSR count). The Morgan fingerprint density at radius 2 is 2.00 bits per heavy atom. The van der Waals surface area contributed by atoms with Crippen molar-refractivity contribution in [2.75, 3.05) is 0 Å². The van der Waals surface area contributed by atoms with Gasteiger partial charge in [-0.2, -0.15) is 13.5 Å². The van der Waals surface area contributed by atoms with Crippen LogP contribution in [-0.2, 0) is 0 Å². The van der Waals surface area contributed by atoms with Gasteiger partial charge in [-0.25, -0.2) is 0 Å². The van der Waals surface area contributed by atoms with E-state index in [1.807, 2.05) is 0 Å². The molecule has 0 amide bonds. The number of hydrogen-bond donors (Lipinski definition) is 0. The highest BCUT2D eigenvalue weighted by Gasteiger charge is 2.14. The molecule has 1 aromatic heterocycles. The summed E-state index contributed by atoms with van der Waals surface area (Å²) in [5.74, 6) is -0.0742. The number of rotatable bonds is 5. The van der Waals surface area contributed by atoms with Crippen molar-refractivity contribution in [3.05, 3.63) is 51.9 Å². The second-order valence-electron chi connectivity index (χ2n) is 3.82. The van der Waals surface area contributed by atoms with Gasteiger partial charge in [0, 0.05) is 11.6 Å². The highest BCUT2D eigenvalue weighted by atomic mass is 79.9. The summed E-state index contributed by atoms with van der Waals surface area (Å²) >= 11 is 3.11. The number of halogens is 3. The molecule has 0 saturated heterocycles. The molecule has 0 atom stereocenters. The number of aromatic nitrogens is 1. The van der Waals surface area contributed by atoms with Gasteiger partial charge in [-0.05, 0) is 34.1 Å². The van der Waals surface area contributed by atoms with Crippen molar-refractivity contribution in [3.63, 3.8) is 0 Å². The quantitative estimate of drug-likeness (QED) is 0.466. The van der Waals surface area contributed by atoms with E-state index in [-0.39, 0.29) is 22.8 Å². The third kappa shape index (κ3) is 3.88. The van der Waals surface area contributed by atoms with E-state index in [4.69, 9.17) is 4.74 Å². The van der Waals surface area contributed by atoms with Crippen LogP contribution in [0.5, 0.6) is 17.2 Å². The minimum absolute atomic E-state index is 0.0655. The van der Waals surface area contributed by atoms with E-state index in [2.05, 4.69) is 20.7 Å². The maximum Gasteiger partial charge on any atom is 0.387 e. The van der Waals surface area contributed by atoms with E-state index < -0.39 is 6.61 Å². The molecule has 1 aromatic carbocycles. The molecule has 1 heterocycles. The minimum atomic E-state index is -3.03. The Morgan fingerprint density at radius 3 is 2.62 bits per heavy atom. The molecular formula is C13H8BrF2NO4. The molecule has 0 bridgehead atoms. The number of benzene rings is 1. The number of ether oxygens (including phenoxy) is 2. The lowest BCUT2D eigenvalue weighted by Gasteiger charge is -2.13. The van der Waals surface area contributed by atoms with Gasteiger partial charge in [-0.1, -0.05) is 0 Å². The Balaban J connectivity index is 2.38. The van der Waals surface area contributed by atoms with Gasteiger partial charge >= 0.3 is 6.61 Å². The van der Waals surface area contributed by atoms with Crippen molar-refractivity contribution >= 4 is 22.2 Å². The number of hydrogen-bond acceptors (Lipinski definition) is 4. The maximum absolute atomic E-state index is 12.4. The average molecular weight is 360 g/mol. The number of aldehydes is 1. The second kappa shape index (κ2) is 6.49. The summed E-state index contributed by atoms with van der Waals surface area (Å²) in [4.78, 5) is 10.8. The lowest BCUT2D eigenvalue weighted by Crippen LogP contribution is -2.23. The Kier molecular flexibility index (Phi) is 4.69. The van der Waals surface area contributed by atoms with Crippen molar-refractivity contribution in [1.29, 1.82) is 0 Å². The van der Waals surface area contributed by atoms with Crippen LogP contribution >= 0.6 is 15.9 Å². The molecule has 0 aliphatic carbocycles. The fourth-order valence-corrected chi connectivity index (χ4v) is 1.93. The number of nitrogens with zero attached hydrogens (tertiary/aromatic N) is 1. The van der Waals surface area contributed by atoms with Crippen molar-refractivity contribution in [1.82, 2.24) is 0 Å². The van der Waals surface area contributed by atoms with Crippen LogP contribution in [-0.4, -0.2) is 12.9 Å². The number of carbonyl (C=O) groups is 1. The summed E-state index contributed by atoms with van der Waals surface area (Å²) in [5.41, 5.74) is 0.234. The van der Waals surface area contributed by atoms with E-state index >= 15 is 0 Å². The Morgan fingerprint density at radius 1 is 1.24 bits per heavy atom. The Bertz CT molecular complexity index is 667. The third-order valence-corrected chi connectivity index (χ3v) is 2.98. The first-order valence-corrected chi connectivity index (χ1v) is 6.39. The first-order chi connectivity index (χ1) is 9.99. The van der Waals surface area contributed by atoms with Gasteiger partial charge in [-0.3, -0.25) is 4.79 Å². The number of carbonyl (C=O) groups excluding carboxylic acids is 1. The molecule has 0 unspecified atom stereocenters. The topological polar surface area (TPSA) is 62.5 Å². The summed E-state index contributed by atoms with van der Waals surface area (Å²) in [6, 6.07) is 5.13. The summed E-state index contributed by atoms with van der Waals surface area (Å²) < 4.78 is 35.3. The molecule has 0 spiro atoms. The fourth-order valence-electron chi connectivity index (χ4n) is 1.51. The molecule has 2 aromatic rings. The molecule has 0 aliphatic heterocycles. The van der Waals surface area contributed by atoms with Crippen LogP contribution in [0.25, 0.3) is 0 Å². The van der Waals surface area contributed by atoms with Gasteiger partial charge in [0.05, 0.1) is 0 Å². The van der Waals surface area contributed by atoms with E-state index in [1.54, 1.807) is 0 Å². The van der Waals surface area contributed by atoms with Crippen LogP contribution in [0.3, 0.4) is 0 Å². The summed E-state index contributed by atoms with van der Waals surface area (Å²) in [5, 5.41) is 11.1. The Hall–Kier alpha value is -2.22. The second-order valence-corrected chi connectivity index (χ2v) is 4.68. The normalized spacial score (nSPS) is 10.5. The van der Waals surface area contributed by atoms with Gasteiger partial charge in [0.15, 0.2) is 29.6 Å². The molecule has 0 radical (unpaired) electrons. The van der Waals surface area contributed by atoms with E-state index in [0.29, 0.717) is 15.5 Å². The van der Waals surface area contributed by atoms with E-state index in [1.165, 1.54) is 36.7 Å². The van der Waals surface area contributed by atoms with Gasteiger partial charge in [0.1, 0.15) is 10.8 Å². The lowest BCUT2D eigenvalue weighted by molar-refractivity contribution is -0.606. The van der Waals surface area contributed by atoms with Crippen molar-refractivity contribution < 1.29 is 27.8 Å². The summed E-state index contributed by atoms with van der Waals surface area (Å²) in [6.07, 6.45) is 2.91. The maximum atomic E-state index is 12.4. The standard InChI is InChI=1S/C13H8BrF2NO4/c14-9-6-17(19)4-3-10(9)20-12-5-8(7-18)1-2-11(12)21-13(15)16/h1-7,13H. The molecule has 0 fully saturated rings. The van der Waals surface area contributed by atoms with Crippen LogP contribution in [0.1, 0.15) is 10.4 Å². The zero-order chi connectivity index (χ0) is 15.4. The van der Waals surface area contributed by atoms with Crippen molar-refractivity contribution in [2.24, 2.45) is 0 Å². The van der Waals surface area contributed by atoms with E-state index in [9.17, 15) is 18.8 Å². The number of pyridine rings is 1. The molecule has 110 valence electrons. The van der Waals surface area contributed by atoms with Crippen LogP contribution in [0, 0.1) is 5.21 Å². The lowest BCUT2D eigenvalue weighted by atomic mass is 10.2. The zero-order valence-corrected chi connectivity index (χ0v) is 11.9. The van der Waals surface area contributed by atoms with Crippen LogP contribution in [0.4, 0.5) is 8.78 Å². The monoisotopic (exact) mass is 359 g/mol. The fraction of sp³-hybridized carbons (Fsp3) is 0.0769. The zero-order valence-electron chi connectivity index (χ0n) is 10.3. The number of alkyl halides is 2. The smallest absolute Gasteiger partial charge is 0.387 e. The van der Waals surface area contributed by atoms with Crippen LogP contribution < -0.4 is 14.2 Å². The largest absolute Gasteiger partial charge is 0.619 e. The minimum Gasteiger partial charge on any atom is -0.619 e. The van der Waals surface area contributed by atoms with Crippen LogP contribution in [0.2, 0.25) is 0 Å². The molecule has 21 heavy (non-hydrogen) atoms. The first kappa shape index (κ1) is 15.2. The molecule has 0 saturated carbocycles. The highest BCUT2D eigenvalue weighted by molar-refractivity contribution is 9.10. The molecule has 5 nitrogen and oxygen atoms in total. The van der Waals surface area contributed by atoms with Gasteiger partial charge < -0.3 is 14.7 Å². The first-order valence-electron chi connectivity index (χ1n) is 5.60. The predicted octanol–water partition coefficient (Wildman–Crippen LogP) is 3.29. The average Bonchev–Trinajstić information content (AvgIpc) is 2.43. The molecule has 0 N–H and O–H groups in total. The van der Waals surface area contributed by atoms with Gasteiger partial charge in [-0.15, -0.1) is 0 Å². The van der Waals surface area contributed by atoms with Crippen molar-refractivity contribution in [2.45, 2.75) is 6.61 Å². The van der Waals surface area contributed by atoms with Crippen LogP contribution in [0.15, 0.2) is 41.1 Å². The van der Waals surface area contributed by atoms with E-state index in [0.717, 1.165) is 0 Å². The third-order valence-electron chi connectivity index (χ3n) is 2.39. The van der Waals surface area contributed by atoms with Gasteiger partial charge in [0.2, 0.25) is 0 Å². The molecular weight excluding hydrogens is 352 g/mol. The Labute approximate surface area is 126 Å². The van der Waals surface area contributed by atoms with Gasteiger partial charge in [0.25, 0.3) is 0 Å². The molecule has 0 aliphatic rings. The highest BCUT2D eigenvalue weighted by Crippen LogP contribution is 2.35. The van der Waals surface area contributed by atoms with Crippen molar-refractivity contribution in [3.8, 4) is 17.2 Å². The predicted molar refractivity (Wildman–Crippen MR) is 71.6 cm³/mol. The SMILES string of the molecule is O=Cc1ccc(OC(F)F)c(Oc2cc[n+]([O-])cc2Br)c1.